The number of benzene rings is 3. The van der Waals surface area contributed by atoms with Gasteiger partial charge in [-0.1, -0.05) is 18.2 Å². The maximum atomic E-state index is 14.4. The zero-order chi connectivity index (χ0) is 37.0. The molecule has 3 radical (unpaired) electrons. The quantitative estimate of drug-likeness (QED) is 0.171. The van der Waals surface area contributed by atoms with Crippen LogP contribution in [0, 0.1) is 17.1 Å². The van der Waals surface area contributed by atoms with Crippen LogP contribution in [0.2, 0.25) is 0 Å². The number of hydrogen-bond donors (Lipinski definition) is 2. The molecule has 54 heavy (non-hydrogen) atoms. The normalized spacial score (nSPS) is 19.8. The SMILES string of the molecule is N#Cc1ccc(COc2cccc(C3=CCN(Cc4nc5cc(C(=O)Nc6ccc7c(c6)C6(CC6)C(=O)N7)ccc5n4C[C@]4([Si])CCO4)CC3)n2)c(F)c1. The van der Waals surface area contributed by atoms with E-state index >= 15 is 0 Å². The lowest BCUT2D eigenvalue weighted by atomic mass is 9.97. The number of carbonyl (C=O) groups excluding carboxylic acids is 2. The first-order valence-electron chi connectivity index (χ1n) is 18.0. The van der Waals surface area contributed by atoms with Crippen LogP contribution in [0.1, 0.15) is 64.2 Å². The second kappa shape index (κ2) is 13.3. The topological polar surface area (TPSA) is 134 Å². The number of fused-ring (bicyclic) bond motifs is 3. The number of nitriles is 1. The summed E-state index contributed by atoms with van der Waals surface area (Å²) in [5.41, 5.74) is 6.66. The Labute approximate surface area is 314 Å². The van der Waals surface area contributed by atoms with E-state index < -0.39 is 16.5 Å². The number of anilines is 2. The summed E-state index contributed by atoms with van der Waals surface area (Å²) in [6, 6.07) is 23.0. The summed E-state index contributed by atoms with van der Waals surface area (Å²) in [5.74, 6) is 0.590. The number of rotatable bonds is 10. The van der Waals surface area contributed by atoms with Gasteiger partial charge in [0.05, 0.1) is 55.8 Å². The van der Waals surface area contributed by atoms with Crippen molar-refractivity contribution in [3.63, 3.8) is 0 Å². The Morgan fingerprint density at radius 3 is 2.70 bits per heavy atom. The van der Waals surface area contributed by atoms with Gasteiger partial charge < -0.3 is 24.7 Å². The third kappa shape index (κ3) is 6.36. The van der Waals surface area contributed by atoms with E-state index in [-0.39, 0.29) is 24.0 Å². The minimum absolute atomic E-state index is 0.00484. The first-order chi connectivity index (χ1) is 26.2. The molecule has 5 heterocycles. The van der Waals surface area contributed by atoms with Crippen LogP contribution in [0.3, 0.4) is 0 Å². The van der Waals surface area contributed by atoms with Crippen LogP contribution in [0.5, 0.6) is 5.88 Å². The van der Waals surface area contributed by atoms with Gasteiger partial charge >= 0.3 is 0 Å². The lowest BCUT2D eigenvalue weighted by Gasteiger charge is -2.39. The molecule has 0 bridgehead atoms. The molecule has 5 aromatic rings. The van der Waals surface area contributed by atoms with E-state index in [1.165, 1.54) is 6.07 Å². The highest BCUT2D eigenvalue weighted by atomic mass is 28.1. The molecule has 13 heteroatoms. The van der Waals surface area contributed by atoms with Crippen LogP contribution < -0.4 is 15.4 Å². The molecule has 11 nitrogen and oxygen atoms in total. The van der Waals surface area contributed by atoms with Crippen molar-refractivity contribution in [2.24, 2.45) is 0 Å². The van der Waals surface area contributed by atoms with E-state index in [9.17, 15) is 14.0 Å². The highest BCUT2D eigenvalue weighted by molar-refractivity contribution is 6.15. The summed E-state index contributed by atoms with van der Waals surface area (Å²) in [7, 11) is 3.85. The molecule has 3 aliphatic heterocycles. The van der Waals surface area contributed by atoms with Crippen LogP contribution in [-0.2, 0) is 34.6 Å². The van der Waals surface area contributed by atoms with Gasteiger partial charge in [0.25, 0.3) is 5.91 Å². The van der Waals surface area contributed by atoms with Crippen molar-refractivity contribution in [1.29, 1.82) is 5.26 Å². The molecule has 269 valence electrons. The molecule has 1 saturated carbocycles. The summed E-state index contributed by atoms with van der Waals surface area (Å²) in [6.45, 7) is 3.33. The van der Waals surface area contributed by atoms with Gasteiger partial charge in [-0.3, -0.25) is 14.5 Å². The van der Waals surface area contributed by atoms with Crippen LogP contribution in [0.4, 0.5) is 15.8 Å². The number of carbonyl (C=O) groups is 2. The highest BCUT2D eigenvalue weighted by Gasteiger charge is 2.56. The Balaban J connectivity index is 0.900. The average molecular weight is 737 g/mol. The van der Waals surface area contributed by atoms with E-state index in [1.54, 1.807) is 18.2 Å². The molecule has 2 N–H and O–H groups in total. The lowest BCUT2D eigenvalue weighted by molar-refractivity contribution is -0.117. The maximum absolute atomic E-state index is 14.4. The molecule has 0 unspecified atom stereocenters. The van der Waals surface area contributed by atoms with Gasteiger partial charge in [0.15, 0.2) is 0 Å². The van der Waals surface area contributed by atoms with Crippen LogP contribution in [0.15, 0.2) is 78.9 Å². The Hall–Kier alpha value is -5.68. The van der Waals surface area contributed by atoms with Crippen molar-refractivity contribution in [2.45, 2.75) is 56.0 Å². The number of nitrogens with zero attached hydrogens (tertiary/aromatic N) is 5. The molecule has 2 fully saturated rings. The average Bonchev–Trinajstić information content (AvgIpc) is 3.86. The van der Waals surface area contributed by atoms with Crippen LogP contribution in [-0.4, -0.2) is 66.4 Å². The highest BCUT2D eigenvalue weighted by Crippen LogP contribution is 2.55. The van der Waals surface area contributed by atoms with Gasteiger partial charge in [0.2, 0.25) is 11.8 Å². The number of imidazole rings is 1. The number of nitrogens with one attached hydrogen (secondary N) is 2. The Morgan fingerprint density at radius 1 is 1.09 bits per heavy atom. The van der Waals surface area contributed by atoms with Gasteiger partial charge in [0, 0.05) is 54.8 Å². The van der Waals surface area contributed by atoms with Crippen molar-refractivity contribution in [3.8, 4) is 11.9 Å². The number of ether oxygens (including phenoxy) is 2. The molecule has 2 amide bonds. The van der Waals surface area contributed by atoms with Gasteiger partial charge in [-0.15, -0.1) is 0 Å². The number of halogens is 1. The van der Waals surface area contributed by atoms with Gasteiger partial charge in [-0.05, 0) is 91.4 Å². The smallest absolute Gasteiger partial charge is 0.255 e. The summed E-state index contributed by atoms with van der Waals surface area (Å²) in [5, 5.41) is 14.5. The summed E-state index contributed by atoms with van der Waals surface area (Å²) in [4.78, 5) is 38.0. The summed E-state index contributed by atoms with van der Waals surface area (Å²) >= 11 is 0. The van der Waals surface area contributed by atoms with Gasteiger partial charge in [0.1, 0.15) is 18.2 Å². The fraction of sp³-hybridized carbons (Fsp3) is 0.293. The molecule has 1 aliphatic carbocycles. The van der Waals surface area contributed by atoms with Crippen molar-refractivity contribution in [1.82, 2.24) is 19.4 Å². The lowest BCUT2D eigenvalue weighted by Crippen LogP contribution is -2.48. The first-order valence-corrected chi connectivity index (χ1v) is 18.5. The number of pyridine rings is 1. The van der Waals surface area contributed by atoms with Crippen molar-refractivity contribution in [3.05, 3.63) is 118 Å². The monoisotopic (exact) mass is 736 g/mol. The molecule has 4 aliphatic rings. The molecular formula is C41H35FN7O4Si. The molecule has 3 aromatic carbocycles. The summed E-state index contributed by atoms with van der Waals surface area (Å²) in [6.07, 6.45) is 5.47. The maximum Gasteiger partial charge on any atom is 0.255 e. The Kier molecular flexibility index (Phi) is 8.41. The molecular weight excluding hydrogens is 702 g/mol. The molecule has 9 rings (SSSR count). The second-order valence-electron chi connectivity index (χ2n) is 14.4. The fourth-order valence-corrected chi connectivity index (χ4v) is 7.87. The van der Waals surface area contributed by atoms with Crippen molar-refractivity contribution in [2.75, 3.05) is 30.3 Å². The van der Waals surface area contributed by atoms with E-state index in [0.717, 1.165) is 71.6 Å². The largest absolute Gasteiger partial charge is 0.473 e. The zero-order valence-corrected chi connectivity index (χ0v) is 30.3. The zero-order valence-electron chi connectivity index (χ0n) is 29.3. The Bertz CT molecular complexity index is 2430. The third-order valence-corrected chi connectivity index (χ3v) is 11.4. The van der Waals surface area contributed by atoms with E-state index in [4.69, 9.17) is 24.7 Å². The molecule has 1 atom stereocenters. The summed E-state index contributed by atoms with van der Waals surface area (Å²) < 4.78 is 28.3. The Morgan fingerprint density at radius 2 is 1.96 bits per heavy atom. The second-order valence-corrected chi connectivity index (χ2v) is 15.4. The molecule has 1 spiro atoms. The molecule has 1 saturated heterocycles. The minimum Gasteiger partial charge on any atom is -0.473 e. The number of aromatic nitrogens is 3. The third-order valence-electron chi connectivity index (χ3n) is 10.9. The van der Waals surface area contributed by atoms with Crippen molar-refractivity contribution >= 4 is 50.0 Å². The predicted octanol–water partition coefficient (Wildman–Crippen LogP) is 5.83. The standard InChI is InChI=1S/C41H35FN7O4Si/c42-31-18-25(21-43)4-5-28(31)23-52-37-3-1-2-32(46-37)26-10-15-48(16-11-26)22-36-45-34-19-27(6-9-35(34)49(36)24-41(54)14-17-53-41)38(50)44-29-7-8-33-30(20-29)40(12-13-40)39(51)47-33/h1-10,18-20H,11-17,22-24H2,(H,44,50)(H,47,51)/t41-/m1/s1. The minimum atomic E-state index is -0.485. The van der Waals surface area contributed by atoms with Gasteiger partial charge in [-0.2, -0.15) is 5.26 Å². The van der Waals surface area contributed by atoms with Crippen molar-refractivity contribution < 1.29 is 23.5 Å². The molecule has 2 aromatic heterocycles. The van der Waals surface area contributed by atoms with E-state index in [2.05, 4.69) is 36.4 Å². The van der Waals surface area contributed by atoms with Crippen LogP contribution in [0.25, 0.3) is 16.6 Å². The first kappa shape index (κ1) is 34.1. The van der Waals surface area contributed by atoms with E-state index in [1.807, 2.05) is 54.6 Å². The predicted molar refractivity (Wildman–Crippen MR) is 200 cm³/mol. The fourth-order valence-electron chi connectivity index (χ4n) is 7.51. The number of amides is 2. The van der Waals surface area contributed by atoms with Crippen LogP contribution >= 0.6 is 0 Å². The van der Waals surface area contributed by atoms with Gasteiger partial charge in [-0.25, -0.2) is 14.4 Å². The number of hydrogen-bond acceptors (Lipinski definition) is 8. The van der Waals surface area contributed by atoms with E-state index in [0.29, 0.717) is 48.9 Å².